The van der Waals surface area contributed by atoms with Gasteiger partial charge in [0.1, 0.15) is 5.02 Å². The van der Waals surface area contributed by atoms with Gasteiger partial charge in [0.2, 0.25) is 10.0 Å². The second-order valence-electron chi connectivity index (χ2n) is 4.36. The van der Waals surface area contributed by atoms with Gasteiger partial charge >= 0.3 is 0 Å². The number of benzene rings is 1. The predicted octanol–water partition coefficient (Wildman–Crippen LogP) is 1.71. The third-order valence-corrected chi connectivity index (χ3v) is 4.69. The first-order valence-corrected chi connectivity index (χ1v) is 7.81. The number of sulfonamides is 1. The van der Waals surface area contributed by atoms with Crippen LogP contribution in [0.1, 0.15) is 12.8 Å². The largest absolute Gasteiger partial charge is 0.377 e. The summed E-state index contributed by atoms with van der Waals surface area (Å²) in [4.78, 5) is 9.84. The molecule has 1 aromatic carbocycles. The summed E-state index contributed by atoms with van der Waals surface area (Å²) in [5, 5.41) is 10.7. The summed E-state index contributed by atoms with van der Waals surface area (Å²) >= 11 is 5.65. The molecule has 0 radical (unpaired) electrons. The van der Waals surface area contributed by atoms with E-state index in [0.29, 0.717) is 6.61 Å². The third kappa shape index (κ3) is 3.45. The Labute approximate surface area is 121 Å². The molecule has 0 aromatic heterocycles. The average Bonchev–Trinajstić information content (AvgIpc) is 2.89. The van der Waals surface area contributed by atoms with Crippen molar-refractivity contribution in [2.75, 3.05) is 13.2 Å². The number of nitrogens with one attached hydrogen (secondary N) is 1. The second kappa shape index (κ2) is 6.04. The normalized spacial score (nSPS) is 19.1. The Hall–Kier alpha value is -1.22. The van der Waals surface area contributed by atoms with Gasteiger partial charge < -0.3 is 4.74 Å². The summed E-state index contributed by atoms with van der Waals surface area (Å²) in [5.74, 6) is 0. The zero-order chi connectivity index (χ0) is 14.8. The lowest BCUT2D eigenvalue weighted by atomic mass is 10.2. The molecule has 110 valence electrons. The van der Waals surface area contributed by atoms with Gasteiger partial charge in [0, 0.05) is 19.2 Å². The molecule has 1 aliphatic heterocycles. The fourth-order valence-corrected chi connectivity index (χ4v) is 3.16. The van der Waals surface area contributed by atoms with Crippen LogP contribution < -0.4 is 4.72 Å². The van der Waals surface area contributed by atoms with E-state index >= 15 is 0 Å². The summed E-state index contributed by atoms with van der Waals surface area (Å²) in [6.45, 7) is 0.775. The molecule has 20 heavy (non-hydrogen) atoms. The number of nitro benzene ring substituents is 1. The average molecular weight is 321 g/mol. The number of nitrogens with zero attached hydrogens (tertiary/aromatic N) is 1. The van der Waals surface area contributed by atoms with Crippen molar-refractivity contribution in [2.24, 2.45) is 0 Å². The van der Waals surface area contributed by atoms with Crippen LogP contribution in [0.5, 0.6) is 0 Å². The van der Waals surface area contributed by atoms with Crippen molar-refractivity contribution in [1.82, 2.24) is 4.72 Å². The van der Waals surface area contributed by atoms with Crippen LogP contribution in [0.4, 0.5) is 5.69 Å². The van der Waals surface area contributed by atoms with E-state index in [-0.39, 0.29) is 22.6 Å². The minimum Gasteiger partial charge on any atom is -0.377 e. The number of nitro groups is 1. The SMILES string of the molecule is O=[N+]([O-])c1cc(S(=O)(=O)NC[C@@H]2CCCO2)ccc1Cl. The van der Waals surface area contributed by atoms with Crippen molar-refractivity contribution in [3.8, 4) is 0 Å². The lowest BCUT2D eigenvalue weighted by Crippen LogP contribution is -2.31. The molecule has 1 saturated heterocycles. The highest BCUT2D eigenvalue weighted by Crippen LogP contribution is 2.27. The standard InChI is InChI=1S/C11H13ClN2O5S/c12-10-4-3-9(6-11(10)14(15)16)20(17,18)13-7-8-2-1-5-19-8/h3-4,6,8,13H,1-2,5,7H2/t8-/m0/s1. The van der Waals surface area contributed by atoms with Gasteiger partial charge in [0.05, 0.1) is 15.9 Å². The van der Waals surface area contributed by atoms with Gasteiger partial charge in [0.15, 0.2) is 0 Å². The number of hydrogen-bond acceptors (Lipinski definition) is 5. The zero-order valence-electron chi connectivity index (χ0n) is 10.4. The smallest absolute Gasteiger partial charge is 0.289 e. The van der Waals surface area contributed by atoms with Crippen LogP contribution in [-0.4, -0.2) is 32.6 Å². The van der Waals surface area contributed by atoms with Gasteiger partial charge in [-0.25, -0.2) is 13.1 Å². The summed E-state index contributed by atoms with van der Waals surface area (Å²) in [6, 6.07) is 3.37. The molecule has 0 amide bonds. The summed E-state index contributed by atoms with van der Waals surface area (Å²) < 4.78 is 31.8. The van der Waals surface area contributed by atoms with E-state index < -0.39 is 20.6 Å². The highest BCUT2D eigenvalue weighted by molar-refractivity contribution is 7.89. The highest BCUT2D eigenvalue weighted by Gasteiger charge is 2.23. The fraction of sp³-hybridized carbons (Fsp3) is 0.455. The molecular formula is C11H13ClN2O5S. The van der Waals surface area contributed by atoms with Gasteiger partial charge in [-0.15, -0.1) is 0 Å². The van der Waals surface area contributed by atoms with Gasteiger partial charge in [-0.3, -0.25) is 10.1 Å². The Morgan fingerprint density at radius 1 is 1.50 bits per heavy atom. The van der Waals surface area contributed by atoms with Crippen LogP contribution in [0, 0.1) is 10.1 Å². The molecule has 1 heterocycles. The molecular weight excluding hydrogens is 308 g/mol. The Balaban J connectivity index is 2.16. The van der Waals surface area contributed by atoms with Crippen LogP contribution in [0.2, 0.25) is 5.02 Å². The van der Waals surface area contributed by atoms with Gasteiger partial charge in [-0.1, -0.05) is 11.6 Å². The Bertz CT molecular complexity index is 613. The van der Waals surface area contributed by atoms with Crippen molar-refractivity contribution >= 4 is 27.3 Å². The van der Waals surface area contributed by atoms with Crippen LogP contribution in [-0.2, 0) is 14.8 Å². The van der Waals surface area contributed by atoms with Crippen molar-refractivity contribution in [3.05, 3.63) is 33.3 Å². The molecule has 7 nitrogen and oxygen atoms in total. The Kier molecular flexibility index (Phi) is 4.59. The van der Waals surface area contributed by atoms with Gasteiger partial charge in [0.25, 0.3) is 5.69 Å². The molecule has 1 fully saturated rings. The van der Waals surface area contributed by atoms with E-state index in [0.717, 1.165) is 18.9 Å². The fourth-order valence-electron chi connectivity index (χ4n) is 1.89. The maximum absolute atomic E-state index is 12.0. The van der Waals surface area contributed by atoms with E-state index in [1.165, 1.54) is 12.1 Å². The molecule has 0 aliphatic carbocycles. The topological polar surface area (TPSA) is 98.5 Å². The van der Waals surface area contributed by atoms with Crippen molar-refractivity contribution in [2.45, 2.75) is 23.8 Å². The van der Waals surface area contributed by atoms with E-state index in [2.05, 4.69) is 4.72 Å². The summed E-state index contributed by atoms with van der Waals surface area (Å²) in [6.07, 6.45) is 1.55. The number of rotatable bonds is 5. The minimum absolute atomic E-state index is 0.104. The molecule has 0 saturated carbocycles. The molecule has 9 heteroatoms. The number of hydrogen-bond donors (Lipinski definition) is 1. The lowest BCUT2D eigenvalue weighted by molar-refractivity contribution is -0.384. The minimum atomic E-state index is -3.81. The summed E-state index contributed by atoms with van der Waals surface area (Å²) in [5.41, 5.74) is -0.438. The first-order chi connectivity index (χ1) is 9.40. The molecule has 1 atom stereocenters. The van der Waals surface area contributed by atoms with Crippen LogP contribution in [0.3, 0.4) is 0 Å². The van der Waals surface area contributed by atoms with E-state index in [1.54, 1.807) is 0 Å². The first-order valence-electron chi connectivity index (χ1n) is 5.95. The molecule has 0 bridgehead atoms. The second-order valence-corrected chi connectivity index (χ2v) is 6.53. The molecule has 0 spiro atoms. The molecule has 1 aromatic rings. The first kappa shape index (κ1) is 15.2. The van der Waals surface area contributed by atoms with Crippen molar-refractivity contribution < 1.29 is 18.1 Å². The monoisotopic (exact) mass is 320 g/mol. The molecule has 0 unspecified atom stereocenters. The van der Waals surface area contributed by atoms with Crippen LogP contribution >= 0.6 is 11.6 Å². The zero-order valence-corrected chi connectivity index (χ0v) is 12.0. The molecule has 1 N–H and O–H groups in total. The van der Waals surface area contributed by atoms with Crippen LogP contribution in [0.25, 0.3) is 0 Å². The van der Waals surface area contributed by atoms with Crippen molar-refractivity contribution in [1.29, 1.82) is 0 Å². The molecule has 2 rings (SSSR count). The van der Waals surface area contributed by atoms with Crippen molar-refractivity contribution in [3.63, 3.8) is 0 Å². The maximum Gasteiger partial charge on any atom is 0.289 e. The van der Waals surface area contributed by atoms with Gasteiger partial charge in [-0.2, -0.15) is 0 Å². The van der Waals surface area contributed by atoms with E-state index in [9.17, 15) is 18.5 Å². The lowest BCUT2D eigenvalue weighted by Gasteiger charge is -2.11. The Morgan fingerprint density at radius 2 is 2.25 bits per heavy atom. The predicted molar refractivity (Wildman–Crippen MR) is 72.3 cm³/mol. The van der Waals surface area contributed by atoms with Crippen LogP contribution in [0.15, 0.2) is 23.1 Å². The quantitative estimate of drug-likeness (QED) is 0.657. The highest BCUT2D eigenvalue weighted by atomic mass is 35.5. The summed E-state index contributed by atoms with van der Waals surface area (Å²) in [7, 11) is -3.81. The third-order valence-electron chi connectivity index (χ3n) is 2.95. The van der Waals surface area contributed by atoms with E-state index in [4.69, 9.17) is 16.3 Å². The maximum atomic E-state index is 12.0. The van der Waals surface area contributed by atoms with E-state index in [1.807, 2.05) is 0 Å². The Morgan fingerprint density at radius 3 is 2.85 bits per heavy atom. The number of ether oxygens (including phenoxy) is 1. The number of halogens is 1. The van der Waals surface area contributed by atoms with Gasteiger partial charge in [-0.05, 0) is 25.0 Å². The molecule has 1 aliphatic rings.